The summed E-state index contributed by atoms with van der Waals surface area (Å²) in [6.45, 7) is 4.88. The second-order valence-electron chi connectivity index (χ2n) is 8.23. The number of hydrogen-bond donors (Lipinski definition) is 1. The Morgan fingerprint density at radius 1 is 1.00 bits per heavy atom. The molecule has 1 N–H and O–H groups in total. The first-order valence-corrected chi connectivity index (χ1v) is 11.0. The number of benzene rings is 2. The zero-order valence-corrected chi connectivity index (χ0v) is 18.8. The summed E-state index contributed by atoms with van der Waals surface area (Å²) < 4.78 is 8.10. The molecule has 0 aliphatic heterocycles. The topological polar surface area (TPSA) is 86.2 Å². The number of carbonyl (C=O) groups is 1. The summed E-state index contributed by atoms with van der Waals surface area (Å²) in [5, 5.41) is 3.27. The largest absolute Gasteiger partial charge is 0.467 e. The average molecular weight is 446 g/mol. The van der Waals surface area contributed by atoms with Crippen LogP contribution in [0, 0.1) is 13.8 Å². The zero-order chi connectivity index (χ0) is 23.4. The van der Waals surface area contributed by atoms with Crippen molar-refractivity contribution in [2.75, 3.05) is 0 Å². The number of fused-ring (bicyclic) bond motifs is 1. The van der Waals surface area contributed by atoms with E-state index in [1.807, 2.05) is 32.0 Å². The minimum Gasteiger partial charge on any atom is -0.467 e. The lowest BCUT2D eigenvalue weighted by Crippen LogP contribution is -2.40. The van der Waals surface area contributed by atoms with Crippen molar-refractivity contribution in [1.82, 2.24) is 14.5 Å². The van der Waals surface area contributed by atoms with Gasteiger partial charge in [0.25, 0.3) is 5.56 Å². The highest BCUT2D eigenvalue weighted by Crippen LogP contribution is 2.15. The number of aryl methyl sites for hydroxylation is 2. The Morgan fingerprint density at radius 3 is 2.61 bits per heavy atom. The van der Waals surface area contributed by atoms with Crippen molar-refractivity contribution in [3.8, 4) is 0 Å². The van der Waals surface area contributed by atoms with Crippen LogP contribution in [-0.4, -0.2) is 15.0 Å². The number of rotatable bonds is 8. The zero-order valence-electron chi connectivity index (χ0n) is 18.8. The molecule has 0 aliphatic rings. The summed E-state index contributed by atoms with van der Waals surface area (Å²) in [6, 6.07) is 16.8. The van der Waals surface area contributed by atoms with Gasteiger partial charge in [0.1, 0.15) is 5.76 Å². The van der Waals surface area contributed by atoms with E-state index in [0.717, 1.165) is 16.7 Å². The Kier molecular flexibility index (Phi) is 6.58. The van der Waals surface area contributed by atoms with E-state index >= 15 is 0 Å². The molecule has 0 spiro atoms. The van der Waals surface area contributed by atoms with Gasteiger partial charge >= 0.3 is 5.69 Å². The second-order valence-corrected chi connectivity index (χ2v) is 8.23. The highest BCUT2D eigenvalue weighted by atomic mass is 16.3. The molecule has 33 heavy (non-hydrogen) atoms. The van der Waals surface area contributed by atoms with Gasteiger partial charge in [0, 0.05) is 13.0 Å². The van der Waals surface area contributed by atoms with Gasteiger partial charge in [0.05, 0.1) is 30.3 Å². The van der Waals surface area contributed by atoms with Crippen LogP contribution in [0.3, 0.4) is 0 Å². The van der Waals surface area contributed by atoms with Crippen LogP contribution in [-0.2, 0) is 24.4 Å². The van der Waals surface area contributed by atoms with Crippen molar-refractivity contribution in [1.29, 1.82) is 0 Å². The number of nitrogens with zero attached hydrogens (tertiary/aromatic N) is 2. The van der Waals surface area contributed by atoms with E-state index in [2.05, 4.69) is 11.4 Å². The number of para-hydroxylation sites is 1. The van der Waals surface area contributed by atoms with E-state index in [0.29, 0.717) is 36.2 Å². The molecule has 7 heteroatoms. The number of furan rings is 1. The van der Waals surface area contributed by atoms with E-state index in [1.54, 1.807) is 41.2 Å². The summed E-state index contributed by atoms with van der Waals surface area (Å²) in [5.41, 5.74) is 3.15. The first kappa shape index (κ1) is 22.3. The SMILES string of the molecule is Cc1ccc(C)c(Cn2c(=O)n(CCCC(=O)NCc3ccco3)c(=O)c3ccccc32)c1. The van der Waals surface area contributed by atoms with E-state index < -0.39 is 0 Å². The van der Waals surface area contributed by atoms with E-state index in [-0.39, 0.29) is 30.1 Å². The predicted molar refractivity (Wildman–Crippen MR) is 127 cm³/mol. The maximum absolute atomic E-state index is 13.4. The minimum absolute atomic E-state index is 0.157. The molecule has 0 saturated heterocycles. The second kappa shape index (κ2) is 9.73. The molecule has 2 aromatic carbocycles. The molecule has 170 valence electrons. The number of hydrogen-bond acceptors (Lipinski definition) is 4. The smallest absolute Gasteiger partial charge is 0.331 e. The van der Waals surface area contributed by atoms with Gasteiger partial charge in [-0.3, -0.25) is 18.7 Å². The van der Waals surface area contributed by atoms with Crippen molar-refractivity contribution in [3.63, 3.8) is 0 Å². The normalized spacial score (nSPS) is 11.1. The molecular weight excluding hydrogens is 418 g/mol. The Hall–Kier alpha value is -3.87. The van der Waals surface area contributed by atoms with Crippen molar-refractivity contribution in [2.45, 2.75) is 46.3 Å². The summed E-state index contributed by atoms with van der Waals surface area (Å²) >= 11 is 0. The molecule has 0 fully saturated rings. The highest BCUT2D eigenvalue weighted by Gasteiger charge is 2.14. The standard InChI is InChI=1S/C26H27N3O4/c1-18-11-12-19(2)20(15-18)17-29-23-9-4-3-8-22(23)25(31)28(26(29)32)13-5-10-24(30)27-16-21-7-6-14-33-21/h3-4,6-9,11-12,14-15H,5,10,13,16-17H2,1-2H3,(H,27,30). The molecule has 0 saturated carbocycles. The summed E-state index contributed by atoms with van der Waals surface area (Å²) in [6.07, 6.45) is 2.13. The molecule has 7 nitrogen and oxygen atoms in total. The van der Waals surface area contributed by atoms with Gasteiger partial charge in [-0.2, -0.15) is 0 Å². The van der Waals surface area contributed by atoms with Crippen LogP contribution < -0.4 is 16.6 Å². The molecule has 0 radical (unpaired) electrons. The van der Waals surface area contributed by atoms with Crippen LogP contribution in [0.1, 0.15) is 35.3 Å². The van der Waals surface area contributed by atoms with Gasteiger partial charge in [0.15, 0.2) is 0 Å². The fourth-order valence-electron chi connectivity index (χ4n) is 3.95. The third-order valence-electron chi connectivity index (χ3n) is 5.79. The van der Waals surface area contributed by atoms with Gasteiger partial charge in [-0.15, -0.1) is 0 Å². The number of nitrogens with one attached hydrogen (secondary N) is 1. The molecule has 0 aliphatic carbocycles. The molecule has 4 aromatic rings. The molecule has 2 aromatic heterocycles. The number of aromatic nitrogens is 2. The average Bonchev–Trinajstić information content (AvgIpc) is 3.33. The van der Waals surface area contributed by atoms with E-state index in [9.17, 15) is 14.4 Å². The van der Waals surface area contributed by atoms with E-state index in [1.165, 1.54) is 4.57 Å². The molecule has 0 unspecified atom stereocenters. The number of amides is 1. The first-order valence-electron chi connectivity index (χ1n) is 11.0. The van der Waals surface area contributed by atoms with Gasteiger partial charge in [-0.1, -0.05) is 35.9 Å². The molecule has 0 bridgehead atoms. The van der Waals surface area contributed by atoms with Crippen LogP contribution in [0.5, 0.6) is 0 Å². The lowest BCUT2D eigenvalue weighted by atomic mass is 10.1. The third kappa shape index (κ3) is 4.98. The minimum atomic E-state index is -0.365. The Labute approximate surface area is 191 Å². The third-order valence-corrected chi connectivity index (χ3v) is 5.79. The monoisotopic (exact) mass is 445 g/mol. The molecule has 2 heterocycles. The van der Waals surface area contributed by atoms with Crippen LogP contribution >= 0.6 is 0 Å². The van der Waals surface area contributed by atoms with Crippen molar-refractivity contribution >= 4 is 16.8 Å². The summed E-state index contributed by atoms with van der Waals surface area (Å²) in [7, 11) is 0. The lowest BCUT2D eigenvalue weighted by molar-refractivity contribution is -0.121. The summed E-state index contributed by atoms with van der Waals surface area (Å²) in [4.78, 5) is 38.6. The van der Waals surface area contributed by atoms with E-state index in [4.69, 9.17) is 4.42 Å². The molecule has 4 rings (SSSR count). The quantitative estimate of drug-likeness (QED) is 0.450. The van der Waals surface area contributed by atoms with Crippen molar-refractivity contribution in [3.05, 3.63) is 104 Å². The van der Waals surface area contributed by atoms with Crippen molar-refractivity contribution < 1.29 is 9.21 Å². The van der Waals surface area contributed by atoms with Gasteiger partial charge in [0.2, 0.25) is 5.91 Å². The van der Waals surface area contributed by atoms with Crippen molar-refractivity contribution in [2.24, 2.45) is 0 Å². The maximum Gasteiger partial charge on any atom is 0.331 e. The van der Waals surface area contributed by atoms with Gasteiger partial charge in [-0.25, -0.2) is 4.79 Å². The highest BCUT2D eigenvalue weighted by molar-refractivity contribution is 5.78. The number of carbonyl (C=O) groups excluding carboxylic acids is 1. The Morgan fingerprint density at radius 2 is 1.82 bits per heavy atom. The Balaban J connectivity index is 1.58. The van der Waals surface area contributed by atoms with Crippen LogP contribution in [0.2, 0.25) is 0 Å². The van der Waals surface area contributed by atoms with Crippen LogP contribution in [0.4, 0.5) is 0 Å². The van der Waals surface area contributed by atoms with Crippen LogP contribution in [0.15, 0.2) is 74.9 Å². The molecule has 1 amide bonds. The molecular formula is C26H27N3O4. The first-order chi connectivity index (χ1) is 15.9. The fourth-order valence-corrected chi connectivity index (χ4v) is 3.95. The van der Waals surface area contributed by atoms with Crippen LogP contribution in [0.25, 0.3) is 10.9 Å². The maximum atomic E-state index is 13.4. The fraction of sp³-hybridized carbons (Fsp3) is 0.269. The van der Waals surface area contributed by atoms with Gasteiger partial charge < -0.3 is 9.73 Å². The predicted octanol–water partition coefficient (Wildman–Crippen LogP) is 3.52. The Bertz CT molecular complexity index is 1400. The lowest BCUT2D eigenvalue weighted by Gasteiger charge is -2.15. The molecule has 0 atom stereocenters. The summed E-state index contributed by atoms with van der Waals surface area (Å²) in [5.74, 6) is 0.513. The van der Waals surface area contributed by atoms with Gasteiger partial charge in [-0.05, 0) is 55.7 Å².